The molecule has 100 valence electrons. The van der Waals surface area contributed by atoms with Crippen molar-refractivity contribution in [3.05, 3.63) is 42.2 Å². The van der Waals surface area contributed by atoms with Crippen molar-refractivity contribution in [1.82, 2.24) is 4.98 Å². The standard InChI is InChI=1S/C14H15FN2OS/c1-9(2)18-14-11(16)7-8-13(17-14)19-12-6-4-3-5-10(12)15/h3-9H,16H2,1-2H3. The molecule has 1 aromatic carbocycles. The van der Waals surface area contributed by atoms with Crippen LogP contribution in [0.4, 0.5) is 10.1 Å². The number of halogens is 1. The molecule has 2 N–H and O–H groups in total. The van der Waals surface area contributed by atoms with Crippen LogP contribution < -0.4 is 10.5 Å². The van der Waals surface area contributed by atoms with E-state index in [1.807, 2.05) is 13.8 Å². The maximum Gasteiger partial charge on any atom is 0.238 e. The van der Waals surface area contributed by atoms with Gasteiger partial charge in [-0.1, -0.05) is 23.9 Å². The van der Waals surface area contributed by atoms with Crippen LogP contribution >= 0.6 is 11.8 Å². The molecule has 0 unspecified atom stereocenters. The van der Waals surface area contributed by atoms with Crippen molar-refractivity contribution < 1.29 is 9.13 Å². The zero-order valence-electron chi connectivity index (χ0n) is 10.8. The topological polar surface area (TPSA) is 48.1 Å². The van der Waals surface area contributed by atoms with Gasteiger partial charge in [0.2, 0.25) is 5.88 Å². The van der Waals surface area contributed by atoms with Crippen molar-refractivity contribution in [2.24, 2.45) is 0 Å². The second-order valence-electron chi connectivity index (χ2n) is 4.24. The van der Waals surface area contributed by atoms with E-state index in [-0.39, 0.29) is 11.9 Å². The second-order valence-corrected chi connectivity index (χ2v) is 5.31. The summed E-state index contributed by atoms with van der Waals surface area (Å²) in [4.78, 5) is 4.82. The van der Waals surface area contributed by atoms with Gasteiger partial charge in [-0.2, -0.15) is 0 Å². The fraction of sp³-hybridized carbons (Fsp3) is 0.214. The monoisotopic (exact) mass is 278 g/mol. The molecule has 0 radical (unpaired) electrons. The normalized spacial score (nSPS) is 10.7. The molecule has 0 spiro atoms. The van der Waals surface area contributed by atoms with Gasteiger partial charge in [0.1, 0.15) is 10.8 Å². The zero-order valence-corrected chi connectivity index (χ0v) is 11.6. The first-order chi connectivity index (χ1) is 9.06. The molecular weight excluding hydrogens is 263 g/mol. The van der Waals surface area contributed by atoms with E-state index < -0.39 is 0 Å². The van der Waals surface area contributed by atoms with E-state index in [4.69, 9.17) is 10.5 Å². The fourth-order valence-electron chi connectivity index (χ4n) is 1.45. The van der Waals surface area contributed by atoms with E-state index in [2.05, 4.69) is 4.98 Å². The highest BCUT2D eigenvalue weighted by atomic mass is 32.2. The Hall–Kier alpha value is -1.75. The van der Waals surface area contributed by atoms with E-state index in [0.29, 0.717) is 21.5 Å². The summed E-state index contributed by atoms with van der Waals surface area (Å²) in [5.41, 5.74) is 6.27. The molecule has 0 atom stereocenters. The van der Waals surface area contributed by atoms with Crippen molar-refractivity contribution in [3.8, 4) is 5.88 Å². The van der Waals surface area contributed by atoms with Gasteiger partial charge in [-0.25, -0.2) is 9.37 Å². The van der Waals surface area contributed by atoms with E-state index in [1.165, 1.54) is 17.8 Å². The van der Waals surface area contributed by atoms with E-state index >= 15 is 0 Å². The molecule has 0 aliphatic rings. The third-order valence-electron chi connectivity index (χ3n) is 2.26. The number of nitrogens with zero attached hydrogens (tertiary/aromatic N) is 1. The highest BCUT2D eigenvalue weighted by Gasteiger charge is 2.09. The predicted molar refractivity (Wildman–Crippen MR) is 74.9 cm³/mol. The van der Waals surface area contributed by atoms with Crippen molar-refractivity contribution in [2.45, 2.75) is 29.9 Å². The Bertz CT molecular complexity index is 575. The quantitative estimate of drug-likeness (QED) is 0.925. The van der Waals surface area contributed by atoms with Crippen molar-refractivity contribution >= 4 is 17.4 Å². The molecule has 0 fully saturated rings. The summed E-state index contributed by atoms with van der Waals surface area (Å²) in [6.45, 7) is 3.80. The Morgan fingerprint density at radius 2 is 1.95 bits per heavy atom. The summed E-state index contributed by atoms with van der Waals surface area (Å²) in [6, 6.07) is 10.0. The molecule has 2 rings (SSSR count). The number of nitrogens with two attached hydrogens (primary N) is 1. The largest absolute Gasteiger partial charge is 0.473 e. The molecule has 5 heteroatoms. The van der Waals surface area contributed by atoms with Crippen LogP contribution in [0.2, 0.25) is 0 Å². The minimum Gasteiger partial charge on any atom is -0.473 e. The first kappa shape index (κ1) is 13.7. The van der Waals surface area contributed by atoms with Crippen molar-refractivity contribution in [2.75, 3.05) is 5.73 Å². The smallest absolute Gasteiger partial charge is 0.238 e. The lowest BCUT2D eigenvalue weighted by molar-refractivity contribution is 0.232. The number of pyridine rings is 1. The summed E-state index contributed by atoms with van der Waals surface area (Å²) < 4.78 is 19.1. The number of hydrogen-bond donors (Lipinski definition) is 1. The third kappa shape index (κ3) is 3.61. The number of anilines is 1. The molecule has 0 amide bonds. The second kappa shape index (κ2) is 5.93. The Labute approximate surface area is 116 Å². The zero-order chi connectivity index (χ0) is 13.8. The SMILES string of the molecule is CC(C)Oc1nc(Sc2ccccc2F)ccc1N. The Morgan fingerprint density at radius 1 is 1.21 bits per heavy atom. The van der Waals surface area contributed by atoms with Crippen LogP contribution in [-0.2, 0) is 0 Å². The minimum atomic E-state index is -0.266. The van der Waals surface area contributed by atoms with Crippen molar-refractivity contribution in [3.63, 3.8) is 0 Å². The van der Waals surface area contributed by atoms with Crippen LogP contribution in [0.15, 0.2) is 46.3 Å². The summed E-state index contributed by atoms with van der Waals surface area (Å²) >= 11 is 1.24. The molecule has 3 nitrogen and oxygen atoms in total. The average molecular weight is 278 g/mol. The summed E-state index contributed by atoms with van der Waals surface area (Å²) in [5, 5.41) is 0.648. The van der Waals surface area contributed by atoms with Crippen LogP contribution in [0.25, 0.3) is 0 Å². The van der Waals surface area contributed by atoms with Crippen LogP contribution in [0, 0.1) is 5.82 Å². The van der Waals surface area contributed by atoms with Crippen LogP contribution in [-0.4, -0.2) is 11.1 Å². The predicted octanol–water partition coefficient (Wildman–Crippen LogP) is 3.74. The number of nitrogen functional groups attached to an aromatic ring is 1. The van der Waals surface area contributed by atoms with Crippen LogP contribution in [0.1, 0.15) is 13.8 Å². The summed E-state index contributed by atoms with van der Waals surface area (Å²) in [7, 11) is 0. The van der Waals surface area contributed by atoms with Gasteiger partial charge >= 0.3 is 0 Å². The molecule has 1 heterocycles. The Morgan fingerprint density at radius 3 is 2.63 bits per heavy atom. The van der Waals surface area contributed by atoms with Gasteiger partial charge in [0, 0.05) is 4.90 Å². The molecular formula is C14H15FN2OS. The molecule has 2 aromatic rings. The molecule has 0 aliphatic carbocycles. The number of ether oxygens (including phenoxy) is 1. The van der Waals surface area contributed by atoms with Gasteiger partial charge in [0.15, 0.2) is 0 Å². The van der Waals surface area contributed by atoms with E-state index in [1.54, 1.807) is 30.3 Å². The van der Waals surface area contributed by atoms with Gasteiger partial charge in [0.05, 0.1) is 11.8 Å². The minimum absolute atomic E-state index is 0.0106. The lowest BCUT2D eigenvalue weighted by Crippen LogP contribution is -2.09. The average Bonchev–Trinajstić information content (AvgIpc) is 2.35. The maximum atomic E-state index is 13.6. The summed E-state index contributed by atoms with van der Waals surface area (Å²) in [6.07, 6.45) is -0.0106. The molecule has 0 saturated carbocycles. The molecule has 0 saturated heterocycles. The number of rotatable bonds is 4. The van der Waals surface area contributed by atoms with Gasteiger partial charge in [0.25, 0.3) is 0 Å². The fourth-order valence-corrected chi connectivity index (χ4v) is 2.25. The third-order valence-corrected chi connectivity index (χ3v) is 3.25. The highest BCUT2D eigenvalue weighted by Crippen LogP contribution is 2.31. The van der Waals surface area contributed by atoms with Gasteiger partial charge in [-0.15, -0.1) is 0 Å². The summed E-state index contributed by atoms with van der Waals surface area (Å²) in [5.74, 6) is 0.119. The van der Waals surface area contributed by atoms with Crippen molar-refractivity contribution in [1.29, 1.82) is 0 Å². The van der Waals surface area contributed by atoms with Gasteiger partial charge in [-0.05, 0) is 38.1 Å². The first-order valence-electron chi connectivity index (χ1n) is 5.92. The molecule has 19 heavy (non-hydrogen) atoms. The van der Waals surface area contributed by atoms with E-state index in [9.17, 15) is 4.39 Å². The number of hydrogen-bond acceptors (Lipinski definition) is 4. The number of benzene rings is 1. The van der Waals surface area contributed by atoms with E-state index in [0.717, 1.165) is 0 Å². The first-order valence-corrected chi connectivity index (χ1v) is 6.73. The molecule has 1 aromatic heterocycles. The maximum absolute atomic E-state index is 13.6. The lowest BCUT2D eigenvalue weighted by Gasteiger charge is -2.12. The number of aromatic nitrogens is 1. The van der Waals surface area contributed by atoms with Crippen LogP contribution in [0.3, 0.4) is 0 Å². The van der Waals surface area contributed by atoms with Crippen LogP contribution in [0.5, 0.6) is 5.88 Å². The van der Waals surface area contributed by atoms with Gasteiger partial charge < -0.3 is 10.5 Å². The Balaban J connectivity index is 2.24. The molecule has 0 aliphatic heterocycles. The van der Waals surface area contributed by atoms with Gasteiger partial charge in [-0.3, -0.25) is 0 Å². The lowest BCUT2D eigenvalue weighted by atomic mass is 10.3. The Kier molecular flexibility index (Phi) is 4.27. The highest BCUT2D eigenvalue weighted by molar-refractivity contribution is 7.99. The molecule has 0 bridgehead atoms.